The smallest absolute Gasteiger partial charge is 0.257 e. The lowest BCUT2D eigenvalue weighted by Crippen LogP contribution is -2.28. The predicted octanol–water partition coefficient (Wildman–Crippen LogP) is 2.38. The average molecular weight is 309 g/mol. The van der Waals surface area contributed by atoms with E-state index in [2.05, 4.69) is 10.4 Å². The van der Waals surface area contributed by atoms with Crippen molar-refractivity contribution in [3.63, 3.8) is 0 Å². The van der Waals surface area contributed by atoms with Crippen molar-refractivity contribution in [1.29, 1.82) is 0 Å². The van der Waals surface area contributed by atoms with Crippen LogP contribution in [0.5, 0.6) is 0 Å². The fourth-order valence-electron chi connectivity index (χ4n) is 2.09. The molecule has 22 heavy (non-hydrogen) atoms. The highest BCUT2D eigenvalue weighted by atomic mass is 19.3. The summed E-state index contributed by atoms with van der Waals surface area (Å²) in [7, 11) is 0. The van der Waals surface area contributed by atoms with Crippen LogP contribution in [0.3, 0.4) is 0 Å². The Morgan fingerprint density at radius 3 is 2.73 bits per heavy atom. The number of benzene rings is 1. The fourth-order valence-corrected chi connectivity index (χ4v) is 2.09. The minimum Gasteiger partial charge on any atom is -0.385 e. The van der Waals surface area contributed by atoms with Gasteiger partial charge >= 0.3 is 0 Å². The second-order valence-corrected chi connectivity index (χ2v) is 5.21. The van der Waals surface area contributed by atoms with Crippen LogP contribution in [0.2, 0.25) is 0 Å². The Morgan fingerprint density at radius 1 is 1.41 bits per heavy atom. The molecule has 1 amide bonds. The van der Waals surface area contributed by atoms with Crippen molar-refractivity contribution >= 4 is 11.6 Å². The molecule has 0 saturated heterocycles. The zero-order chi connectivity index (χ0) is 16.2. The van der Waals surface area contributed by atoms with Crippen LogP contribution in [0.4, 0.5) is 14.5 Å². The molecule has 0 fully saturated rings. The summed E-state index contributed by atoms with van der Waals surface area (Å²) in [4.78, 5) is 12.0. The number of amides is 1. The van der Waals surface area contributed by atoms with Crippen molar-refractivity contribution in [3.8, 4) is 0 Å². The highest BCUT2D eigenvalue weighted by molar-refractivity contribution is 5.91. The third kappa shape index (κ3) is 4.36. The summed E-state index contributed by atoms with van der Waals surface area (Å²) in [5, 5.41) is 16.6. The number of nitrogens with one attached hydrogen (secondary N) is 1. The second-order valence-electron chi connectivity index (χ2n) is 5.21. The van der Waals surface area contributed by atoms with Crippen LogP contribution in [0.25, 0.3) is 0 Å². The maximum absolute atomic E-state index is 12.2. The van der Waals surface area contributed by atoms with E-state index < -0.39 is 24.5 Å². The number of halogens is 2. The first-order valence-electron chi connectivity index (χ1n) is 6.75. The molecule has 2 aromatic rings. The lowest BCUT2D eigenvalue weighted by Gasteiger charge is -2.23. The van der Waals surface area contributed by atoms with E-state index in [9.17, 15) is 18.7 Å². The third-order valence-electron chi connectivity index (χ3n) is 3.14. The quantitative estimate of drug-likeness (QED) is 0.861. The Labute approximate surface area is 126 Å². The second kappa shape index (κ2) is 6.65. The average Bonchev–Trinajstić information content (AvgIpc) is 2.85. The van der Waals surface area contributed by atoms with Crippen LogP contribution in [0.15, 0.2) is 42.7 Å². The molecule has 5 nitrogen and oxygen atoms in total. The van der Waals surface area contributed by atoms with Crippen molar-refractivity contribution in [1.82, 2.24) is 9.78 Å². The first-order valence-corrected chi connectivity index (χ1v) is 6.75. The van der Waals surface area contributed by atoms with Gasteiger partial charge in [-0.05, 0) is 12.5 Å². The molecule has 0 spiro atoms. The largest absolute Gasteiger partial charge is 0.385 e. The summed E-state index contributed by atoms with van der Waals surface area (Å²) in [5.74, 6) is -0.426. The van der Waals surface area contributed by atoms with Gasteiger partial charge in [0.2, 0.25) is 5.91 Å². The SMILES string of the molecule is CC(O)(CC(=O)Nc1cnn(CC(F)F)c1)c1ccccc1. The normalized spacial score (nSPS) is 13.9. The molecule has 0 aliphatic heterocycles. The van der Waals surface area contributed by atoms with Gasteiger partial charge in [-0.3, -0.25) is 9.48 Å². The van der Waals surface area contributed by atoms with Gasteiger partial charge in [0.1, 0.15) is 6.54 Å². The van der Waals surface area contributed by atoms with E-state index in [1.807, 2.05) is 6.07 Å². The van der Waals surface area contributed by atoms with Crippen LogP contribution in [-0.4, -0.2) is 27.2 Å². The molecule has 0 saturated carbocycles. The Balaban J connectivity index is 1.96. The molecule has 1 atom stereocenters. The number of nitrogens with zero attached hydrogens (tertiary/aromatic N) is 2. The Kier molecular flexibility index (Phi) is 4.87. The minimum atomic E-state index is -2.51. The number of hydrogen-bond acceptors (Lipinski definition) is 3. The van der Waals surface area contributed by atoms with Crippen molar-refractivity contribution in [2.45, 2.75) is 31.9 Å². The van der Waals surface area contributed by atoms with Crippen LogP contribution < -0.4 is 5.32 Å². The summed E-state index contributed by atoms with van der Waals surface area (Å²) >= 11 is 0. The number of carbonyl (C=O) groups is 1. The molecule has 1 aromatic carbocycles. The fraction of sp³-hybridized carbons (Fsp3) is 0.333. The maximum atomic E-state index is 12.2. The van der Waals surface area contributed by atoms with Crippen LogP contribution in [-0.2, 0) is 16.9 Å². The number of carbonyl (C=O) groups excluding carboxylic acids is 1. The van der Waals surface area contributed by atoms with E-state index in [0.717, 1.165) is 4.68 Å². The molecular formula is C15H17F2N3O2. The summed E-state index contributed by atoms with van der Waals surface area (Å²) < 4.78 is 25.5. The lowest BCUT2D eigenvalue weighted by molar-refractivity contribution is -0.120. The van der Waals surface area contributed by atoms with Crippen molar-refractivity contribution < 1.29 is 18.7 Å². The van der Waals surface area contributed by atoms with Gasteiger partial charge in [0, 0.05) is 6.20 Å². The molecule has 1 unspecified atom stereocenters. The zero-order valence-corrected chi connectivity index (χ0v) is 12.0. The van der Waals surface area contributed by atoms with Gasteiger partial charge in [-0.2, -0.15) is 5.10 Å². The Bertz CT molecular complexity index is 627. The van der Waals surface area contributed by atoms with Crippen LogP contribution >= 0.6 is 0 Å². The number of anilines is 1. The van der Waals surface area contributed by atoms with Crippen molar-refractivity contribution in [3.05, 3.63) is 48.3 Å². The van der Waals surface area contributed by atoms with E-state index in [0.29, 0.717) is 11.3 Å². The number of alkyl halides is 2. The molecule has 0 aliphatic rings. The number of rotatable bonds is 6. The Morgan fingerprint density at radius 2 is 2.09 bits per heavy atom. The lowest BCUT2D eigenvalue weighted by atomic mass is 9.92. The van der Waals surface area contributed by atoms with E-state index in [4.69, 9.17) is 0 Å². The predicted molar refractivity (Wildman–Crippen MR) is 77.5 cm³/mol. The number of aliphatic hydroxyl groups is 1. The zero-order valence-electron chi connectivity index (χ0n) is 12.0. The third-order valence-corrected chi connectivity index (χ3v) is 3.14. The summed E-state index contributed by atoms with van der Waals surface area (Å²) in [6.07, 6.45) is -0.0576. The molecule has 7 heteroatoms. The van der Waals surface area contributed by atoms with Gasteiger partial charge in [-0.25, -0.2) is 8.78 Å². The summed E-state index contributed by atoms with van der Waals surface area (Å²) in [5.41, 5.74) is -0.377. The van der Waals surface area contributed by atoms with Crippen LogP contribution in [0, 0.1) is 0 Å². The number of hydrogen-bond donors (Lipinski definition) is 2. The standard InChI is InChI=1S/C15H17F2N3O2/c1-15(22,11-5-3-2-4-6-11)7-14(21)19-12-8-18-20(9-12)10-13(16)17/h2-6,8-9,13,22H,7,10H2,1H3,(H,19,21). The van der Waals surface area contributed by atoms with E-state index in [1.54, 1.807) is 31.2 Å². The topological polar surface area (TPSA) is 67.2 Å². The summed E-state index contributed by atoms with van der Waals surface area (Å²) in [6.45, 7) is 1.01. The molecule has 2 N–H and O–H groups in total. The summed E-state index contributed by atoms with van der Waals surface area (Å²) in [6, 6.07) is 8.82. The van der Waals surface area contributed by atoms with Crippen molar-refractivity contribution in [2.75, 3.05) is 5.32 Å². The monoisotopic (exact) mass is 309 g/mol. The minimum absolute atomic E-state index is 0.156. The van der Waals surface area contributed by atoms with Gasteiger partial charge in [0.15, 0.2) is 0 Å². The molecule has 0 bridgehead atoms. The van der Waals surface area contributed by atoms with E-state index in [-0.39, 0.29) is 6.42 Å². The van der Waals surface area contributed by atoms with Gasteiger partial charge in [-0.1, -0.05) is 30.3 Å². The number of aromatic nitrogens is 2. The van der Waals surface area contributed by atoms with Gasteiger partial charge in [0.05, 0.1) is 23.9 Å². The van der Waals surface area contributed by atoms with Gasteiger partial charge in [0.25, 0.3) is 6.43 Å². The Hall–Kier alpha value is -2.28. The van der Waals surface area contributed by atoms with E-state index in [1.165, 1.54) is 12.4 Å². The molecule has 1 heterocycles. The molecule has 0 aliphatic carbocycles. The maximum Gasteiger partial charge on any atom is 0.257 e. The first kappa shape index (κ1) is 16.1. The highest BCUT2D eigenvalue weighted by Crippen LogP contribution is 2.24. The van der Waals surface area contributed by atoms with Gasteiger partial charge in [-0.15, -0.1) is 0 Å². The van der Waals surface area contributed by atoms with Crippen molar-refractivity contribution in [2.24, 2.45) is 0 Å². The van der Waals surface area contributed by atoms with Crippen LogP contribution in [0.1, 0.15) is 18.9 Å². The van der Waals surface area contributed by atoms with E-state index >= 15 is 0 Å². The van der Waals surface area contributed by atoms with Gasteiger partial charge < -0.3 is 10.4 Å². The first-order chi connectivity index (χ1) is 10.4. The molecule has 2 rings (SSSR count). The molecule has 118 valence electrons. The molecule has 0 radical (unpaired) electrons. The molecular weight excluding hydrogens is 292 g/mol. The molecule has 1 aromatic heterocycles. The highest BCUT2D eigenvalue weighted by Gasteiger charge is 2.26.